The molecule has 4 rings (SSSR count). The van der Waals surface area contributed by atoms with Gasteiger partial charge in [0.1, 0.15) is 5.82 Å². The van der Waals surface area contributed by atoms with Gasteiger partial charge in [-0.25, -0.2) is 9.97 Å². The Labute approximate surface area is 186 Å². The molecule has 0 fully saturated rings. The molecular formula is C26H24N2O2S. The molecule has 1 N–H and O–H groups in total. The molecule has 0 saturated heterocycles. The first-order chi connectivity index (χ1) is 15.0. The van der Waals surface area contributed by atoms with Crippen molar-refractivity contribution in [3.05, 3.63) is 95.4 Å². The fourth-order valence-corrected chi connectivity index (χ4v) is 4.40. The van der Waals surface area contributed by atoms with Crippen molar-refractivity contribution in [2.75, 3.05) is 0 Å². The van der Waals surface area contributed by atoms with Gasteiger partial charge in [-0.2, -0.15) is 0 Å². The number of aromatic nitrogens is 2. The molecule has 0 aliphatic rings. The van der Waals surface area contributed by atoms with E-state index < -0.39 is 6.10 Å². The summed E-state index contributed by atoms with van der Waals surface area (Å²) in [6.07, 6.45) is 2.42. The first-order valence-electron chi connectivity index (χ1n) is 10.4. The van der Waals surface area contributed by atoms with Crippen LogP contribution in [0.15, 0.2) is 72.9 Å². The van der Waals surface area contributed by atoms with Crippen molar-refractivity contribution in [1.82, 2.24) is 9.97 Å². The zero-order valence-electron chi connectivity index (χ0n) is 17.6. The molecule has 5 heteroatoms. The van der Waals surface area contributed by atoms with Gasteiger partial charge in [0.15, 0.2) is 5.78 Å². The Balaban J connectivity index is 1.54. The van der Waals surface area contributed by atoms with E-state index in [9.17, 15) is 9.90 Å². The van der Waals surface area contributed by atoms with Crippen LogP contribution < -0.4 is 0 Å². The summed E-state index contributed by atoms with van der Waals surface area (Å²) >= 11 is 1.67. The van der Waals surface area contributed by atoms with E-state index in [-0.39, 0.29) is 5.78 Å². The van der Waals surface area contributed by atoms with Gasteiger partial charge in [0.05, 0.1) is 16.7 Å². The quantitative estimate of drug-likeness (QED) is 0.361. The monoisotopic (exact) mass is 428 g/mol. The lowest BCUT2D eigenvalue weighted by molar-refractivity contribution is 0.0988. The van der Waals surface area contributed by atoms with Crippen molar-refractivity contribution in [3.8, 4) is 21.0 Å². The number of aliphatic hydroxyl groups is 1. The third kappa shape index (κ3) is 4.95. The molecule has 0 bridgehead atoms. The van der Waals surface area contributed by atoms with Crippen molar-refractivity contribution in [1.29, 1.82) is 0 Å². The molecule has 1 atom stereocenters. The van der Waals surface area contributed by atoms with Crippen molar-refractivity contribution in [2.24, 2.45) is 0 Å². The number of aliphatic hydroxyl groups excluding tert-OH is 1. The normalized spacial score (nSPS) is 12.0. The summed E-state index contributed by atoms with van der Waals surface area (Å²) in [5, 5.41) is 9.81. The summed E-state index contributed by atoms with van der Waals surface area (Å²) in [4.78, 5) is 23.2. The lowest BCUT2D eigenvalue weighted by Crippen LogP contribution is -1.99. The highest BCUT2D eigenvalue weighted by Gasteiger charge is 2.10. The molecule has 0 aliphatic heterocycles. The van der Waals surface area contributed by atoms with Crippen LogP contribution in [0.4, 0.5) is 0 Å². The molecule has 0 aliphatic carbocycles. The standard InChI is InChI=1S/C26H24N2O2S/c1-3-23(30)19-7-9-20(10-8-19)24-11-12-25(31-24)22-13-14-27-26(28-22)16-18-5-4-6-21(15-18)17(2)29/h4-15,17,29H,3,16H2,1-2H3. The lowest BCUT2D eigenvalue weighted by atomic mass is 10.0. The van der Waals surface area contributed by atoms with E-state index in [0.717, 1.165) is 43.5 Å². The highest BCUT2D eigenvalue weighted by atomic mass is 32.1. The smallest absolute Gasteiger partial charge is 0.162 e. The van der Waals surface area contributed by atoms with Crippen molar-refractivity contribution in [2.45, 2.75) is 32.8 Å². The van der Waals surface area contributed by atoms with Crippen LogP contribution in [0.25, 0.3) is 21.0 Å². The molecule has 4 aromatic rings. The van der Waals surface area contributed by atoms with E-state index in [1.807, 2.05) is 61.5 Å². The Bertz CT molecular complexity index is 1200. The SMILES string of the molecule is CCC(=O)c1ccc(-c2ccc(-c3ccnc(Cc4cccc(C(C)O)c4)n3)s2)cc1. The van der Waals surface area contributed by atoms with Gasteiger partial charge in [-0.05, 0) is 41.8 Å². The number of thiophene rings is 1. The second-order valence-electron chi connectivity index (χ2n) is 7.47. The molecule has 1 unspecified atom stereocenters. The van der Waals surface area contributed by atoms with E-state index in [2.05, 4.69) is 17.1 Å². The number of nitrogens with zero attached hydrogens (tertiary/aromatic N) is 2. The minimum atomic E-state index is -0.495. The molecule has 0 spiro atoms. The third-order valence-corrected chi connectivity index (χ3v) is 6.33. The van der Waals surface area contributed by atoms with Gasteiger partial charge in [0.25, 0.3) is 0 Å². The zero-order chi connectivity index (χ0) is 21.8. The van der Waals surface area contributed by atoms with Gasteiger partial charge in [0, 0.05) is 29.5 Å². The molecule has 2 aromatic heterocycles. The zero-order valence-corrected chi connectivity index (χ0v) is 18.4. The maximum atomic E-state index is 11.8. The minimum Gasteiger partial charge on any atom is -0.389 e. The van der Waals surface area contributed by atoms with Gasteiger partial charge < -0.3 is 5.11 Å². The summed E-state index contributed by atoms with van der Waals surface area (Å²) in [5.74, 6) is 0.906. The summed E-state index contributed by atoms with van der Waals surface area (Å²) in [6.45, 7) is 3.64. The molecule has 0 saturated carbocycles. The largest absolute Gasteiger partial charge is 0.389 e. The predicted molar refractivity (Wildman–Crippen MR) is 125 cm³/mol. The summed E-state index contributed by atoms with van der Waals surface area (Å²) in [6, 6.07) is 21.8. The van der Waals surface area contributed by atoms with E-state index >= 15 is 0 Å². The van der Waals surface area contributed by atoms with Crippen LogP contribution in [0.3, 0.4) is 0 Å². The highest BCUT2D eigenvalue weighted by molar-refractivity contribution is 7.18. The molecular weight excluding hydrogens is 404 g/mol. The maximum absolute atomic E-state index is 11.8. The van der Waals surface area contributed by atoms with Crippen LogP contribution in [0.2, 0.25) is 0 Å². The van der Waals surface area contributed by atoms with Gasteiger partial charge >= 0.3 is 0 Å². The summed E-state index contributed by atoms with van der Waals surface area (Å²) < 4.78 is 0. The Kier molecular flexibility index (Phi) is 6.35. The van der Waals surface area contributed by atoms with Gasteiger partial charge in [0.2, 0.25) is 0 Å². The average Bonchev–Trinajstić information content (AvgIpc) is 3.29. The van der Waals surface area contributed by atoms with E-state index in [1.54, 1.807) is 24.5 Å². The Morgan fingerprint density at radius 3 is 2.55 bits per heavy atom. The molecule has 156 valence electrons. The predicted octanol–water partition coefficient (Wildman–Crippen LogP) is 6.11. The second-order valence-corrected chi connectivity index (χ2v) is 8.56. The van der Waals surface area contributed by atoms with Gasteiger partial charge in [-0.3, -0.25) is 4.79 Å². The van der Waals surface area contributed by atoms with Crippen molar-refractivity contribution >= 4 is 17.1 Å². The van der Waals surface area contributed by atoms with Gasteiger partial charge in [-0.15, -0.1) is 11.3 Å². The average molecular weight is 429 g/mol. The number of carbonyl (C=O) groups excluding carboxylic acids is 1. The topological polar surface area (TPSA) is 63.1 Å². The highest BCUT2D eigenvalue weighted by Crippen LogP contribution is 2.33. The summed E-state index contributed by atoms with van der Waals surface area (Å²) in [7, 11) is 0. The van der Waals surface area contributed by atoms with Crippen LogP contribution in [0.5, 0.6) is 0 Å². The number of Topliss-reactive ketones (excluding diaryl/α,β-unsaturated/α-hetero) is 1. The van der Waals surface area contributed by atoms with Crippen molar-refractivity contribution < 1.29 is 9.90 Å². The Morgan fingerprint density at radius 2 is 1.81 bits per heavy atom. The first-order valence-corrected chi connectivity index (χ1v) is 11.2. The van der Waals surface area contributed by atoms with Crippen LogP contribution >= 0.6 is 11.3 Å². The van der Waals surface area contributed by atoms with E-state index in [1.165, 1.54) is 0 Å². The maximum Gasteiger partial charge on any atom is 0.162 e. The van der Waals surface area contributed by atoms with Crippen LogP contribution in [0.1, 0.15) is 53.7 Å². The summed E-state index contributed by atoms with van der Waals surface area (Å²) in [5.41, 5.74) is 4.70. The minimum absolute atomic E-state index is 0.158. The molecule has 0 amide bonds. The molecule has 0 radical (unpaired) electrons. The first kappa shape index (κ1) is 21.1. The van der Waals surface area contributed by atoms with Crippen LogP contribution in [-0.2, 0) is 6.42 Å². The number of carbonyl (C=O) groups is 1. The number of hydrogen-bond donors (Lipinski definition) is 1. The fraction of sp³-hybridized carbons (Fsp3) is 0.192. The number of ketones is 1. The van der Waals surface area contributed by atoms with E-state index in [0.29, 0.717) is 12.8 Å². The third-order valence-electron chi connectivity index (χ3n) is 5.17. The second kappa shape index (κ2) is 9.33. The molecule has 31 heavy (non-hydrogen) atoms. The van der Waals surface area contributed by atoms with Crippen molar-refractivity contribution in [3.63, 3.8) is 0 Å². The lowest BCUT2D eigenvalue weighted by Gasteiger charge is -2.07. The molecule has 2 heterocycles. The Morgan fingerprint density at radius 1 is 1.03 bits per heavy atom. The molecule has 2 aromatic carbocycles. The van der Waals surface area contributed by atoms with Crippen LogP contribution in [0, 0.1) is 0 Å². The fourth-order valence-electron chi connectivity index (χ4n) is 3.42. The Hall–Kier alpha value is -3.15. The number of rotatable bonds is 7. The van der Waals surface area contributed by atoms with E-state index in [4.69, 9.17) is 4.98 Å². The number of hydrogen-bond acceptors (Lipinski definition) is 5. The molecule has 4 nitrogen and oxygen atoms in total. The number of benzene rings is 2. The van der Waals surface area contributed by atoms with Crippen LogP contribution in [-0.4, -0.2) is 20.9 Å². The van der Waals surface area contributed by atoms with Gasteiger partial charge in [-0.1, -0.05) is 55.5 Å².